The van der Waals surface area contributed by atoms with Gasteiger partial charge in [0, 0.05) is 21.3 Å². The summed E-state index contributed by atoms with van der Waals surface area (Å²) in [6.07, 6.45) is 0. The van der Waals surface area contributed by atoms with Crippen LogP contribution >= 0.6 is 23.2 Å². The van der Waals surface area contributed by atoms with Crippen molar-refractivity contribution in [2.75, 3.05) is 12.4 Å². The molecule has 1 N–H and O–H groups in total. The number of nitrogens with one attached hydrogen (secondary N) is 1. The molecule has 2 aromatic carbocycles. The number of methoxy groups -OCH3 is 1. The molecule has 0 spiro atoms. The first-order valence-electron chi connectivity index (χ1n) is 5.95. The summed E-state index contributed by atoms with van der Waals surface area (Å²) in [4.78, 5) is 23.4. The fourth-order valence-corrected chi connectivity index (χ4v) is 2.22. The van der Waals surface area contributed by atoms with Crippen LogP contribution < -0.4 is 5.32 Å². The Kier molecular flexibility index (Phi) is 4.83. The molecular weight excluding hydrogens is 313 g/mol. The lowest BCUT2D eigenvalue weighted by Gasteiger charge is -2.07. The molecular formula is C15H11Cl2NO3. The molecule has 0 atom stereocenters. The maximum absolute atomic E-state index is 12.1. The second kappa shape index (κ2) is 6.61. The van der Waals surface area contributed by atoms with Crippen LogP contribution in [-0.4, -0.2) is 19.0 Å². The van der Waals surface area contributed by atoms with Crippen LogP contribution in [0.25, 0.3) is 0 Å². The smallest absolute Gasteiger partial charge is 0.337 e. The zero-order chi connectivity index (χ0) is 15.4. The highest BCUT2D eigenvalue weighted by Crippen LogP contribution is 2.20. The topological polar surface area (TPSA) is 55.4 Å². The fraction of sp³-hybridized carbons (Fsp3) is 0.0667. The van der Waals surface area contributed by atoms with Crippen molar-refractivity contribution in [2.45, 2.75) is 0 Å². The largest absolute Gasteiger partial charge is 0.465 e. The van der Waals surface area contributed by atoms with E-state index in [1.165, 1.54) is 19.2 Å². The summed E-state index contributed by atoms with van der Waals surface area (Å²) >= 11 is 11.7. The van der Waals surface area contributed by atoms with Gasteiger partial charge in [-0.3, -0.25) is 4.79 Å². The number of anilines is 1. The Hall–Kier alpha value is -2.04. The van der Waals surface area contributed by atoms with Gasteiger partial charge in [-0.15, -0.1) is 0 Å². The summed E-state index contributed by atoms with van der Waals surface area (Å²) in [5.41, 5.74) is 1.30. The Morgan fingerprint density at radius 3 is 2.05 bits per heavy atom. The molecule has 0 saturated carbocycles. The molecule has 0 aliphatic carbocycles. The zero-order valence-electron chi connectivity index (χ0n) is 11.0. The molecule has 2 aromatic rings. The van der Waals surface area contributed by atoms with Crippen LogP contribution in [0.3, 0.4) is 0 Å². The number of rotatable bonds is 3. The molecule has 6 heteroatoms. The van der Waals surface area contributed by atoms with Gasteiger partial charge in [-0.2, -0.15) is 0 Å². The van der Waals surface area contributed by atoms with Crippen molar-refractivity contribution in [1.82, 2.24) is 0 Å². The van der Waals surface area contributed by atoms with Crippen molar-refractivity contribution < 1.29 is 14.3 Å². The van der Waals surface area contributed by atoms with Crippen LogP contribution in [0, 0.1) is 0 Å². The van der Waals surface area contributed by atoms with E-state index in [2.05, 4.69) is 10.1 Å². The maximum atomic E-state index is 12.1. The van der Waals surface area contributed by atoms with E-state index in [9.17, 15) is 9.59 Å². The Morgan fingerprint density at radius 2 is 1.52 bits per heavy atom. The van der Waals surface area contributed by atoms with Crippen LogP contribution in [0.2, 0.25) is 10.0 Å². The molecule has 0 heterocycles. The number of carbonyl (C=O) groups is 2. The first-order chi connectivity index (χ1) is 9.99. The van der Waals surface area contributed by atoms with Gasteiger partial charge in [0.25, 0.3) is 5.91 Å². The molecule has 0 saturated heterocycles. The van der Waals surface area contributed by atoms with E-state index in [1.807, 2.05) is 0 Å². The number of hydrogen-bond donors (Lipinski definition) is 1. The minimum Gasteiger partial charge on any atom is -0.465 e. The average molecular weight is 324 g/mol. The number of carbonyl (C=O) groups excluding carboxylic acids is 2. The van der Waals surface area contributed by atoms with E-state index in [0.29, 0.717) is 26.9 Å². The lowest BCUT2D eigenvalue weighted by molar-refractivity contribution is 0.0600. The second-order valence-corrected chi connectivity index (χ2v) is 5.05. The molecule has 0 aliphatic heterocycles. The number of esters is 1. The first-order valence-corrected chi connectivity index (χ1v) is 6.71. The Morgan fingerprint density at radius 1 is 0.952 bits per heavy atom. The molecule has 4 nitrogen and oxygen atoms in total. The Bertz CT molecular complexity index is 664. The summed E-state index contributed by atoms with van der Waals surface area (Å²) < 4.78 is 4.60. The monoisotopic (exact) mass is 323 g/mol. The highest BCUT2D eigenvalue weighted by Gasteiger charge is 2.09. The summed E-state index contributed by atoms with van der Waals surface area (Å²) in [6.45, 7) is 0. The lowest BCUT2D eigenvalue weighted by Crippen LogP contribution is -2.12. The third kappa shape index (κ3) is 3.97. The van der Waals surface area contributed by atoms with Gasteiger partial charge in [-0.1, -0.05) is 23.2 Å². The van der Waals surface area contributed by atoms with Crippen molar-refractivity contribution in [3.8, 4) is 0 Å². The minimum atomic E-state index is -0.436. The molecule has 0 bridgehead atoms. The molecule has 21 heavy (non-hydrogen) atoms. The van der Waals surface area contributed by atoms with Gasteiger partial charge in [-0.05, 0) is 42.5 Å². The molecule has 2 rings (SSSR count). The molecule has 108 valence electrons. The van der Waals surface area contributed by atoms with Crippen molar-refractivity contribution in [3.63, 3.8) is 0 Å². The van der Waals surface area contributed by atoms with Crippen LogP contribution in [-0.2, 0) is 4.74 Å². The van der Waals surface area contributed by atoms with Crippen LogP contribution in [0.5, 0.6) is 0 Å². The number of halogens is 2. The van der Waals surface area contributed by atoms with E-state index in [1.54, 1.807) is 30.3 Å². The Labute approximate surface area is 131 Å². The van der Waals surface area contributed by atoms with Crippen molar-refractivity contribution in [3.05, 3.63) is 63.6 Å². The minimum absolute atomic E-state index is 0.342. The second-order valence-electron chi connectivity index (χ2n) is 4.18. The summed E-state index contributed by atoms with van der Waals surface area (Å²) in [5, 5.41) is 3.45. The highest BCUT2D eigenvalue weighted by atomic mass is 35.5. The molecule has 0 aromatic heterocycles. The number of amides is 1. The van der Waals surface area contributed by atoms with Gasteiger partial charge in [-0.25, -0.2) is 4.79 Å². The van der Waals surface area contributed by atoms with Crippen LogP contribution in [0.4, 0.5) is 5.69 Å². The number of hydrogen-bond acceptors (Lipinski definition) is 3. The molecule has 0 fully saturated rings. The van der Waals surface area contributed by atoms with Crippen LogP contribution in [0.1, 0.15) is 20.7 Å². The van der Waals surface area contributed by atoms with Gasteiger partial charge < -0.3 is 10.1 Å². The quantitative estimate of drug-likeness (QED) is 0.867. The third-order valence-corrected chi connectivity index (χ3v) is 3.13. The molecule has 1 amide bonds. The number of benzene rings is 2. The average Bonchev–Trinajstić information content (AvgIpc) is 2.46. The van der Waals surface area contributed by atoms with Crippen molar-refractivity contribution >= 4 is 40.8 Å². The zero-order valence-corrected chi connectivity index (χ0v) is 12.5. The summed E-state index contributed by atoms with van der Waals surface area (Å²) in [6, 6.07) is 10.9. The first kappa shape index (κ1) is 15.4. The molecule has 0 unspecified atom stereocenters. The van der Waals surface area contributed by atoms with E-state index < -0.39 is 5.97 Å². The van der Waals surface area contributed by atoms with E-state index >= 15 is 0 Å². The highest BCUT2D eigenvalue weighted by molar-refractivity contribution is 6.35. The van der Waals surface area contributed by atoms with Gasteiger partial charge >= 0.3 is 5.97 Å². The van der Waals surface area contributed by atoms with E-state index in [4.69, 9.17) is 23.2 Å². The van der Waals surface area contributed by atoms with Gasteiger partial charge in [0.2, 0.25) is 0 Å². The standard InChI is InChI=1S/C15H11Cl2NO3/c1-21-15(20)9-2-4-13(5-3-9)18-14(19)10-6-11(16)8-12(17)7-10/h2-8H,1H3,(H,18,19). The normalized spacial score (nSPS) is 10.0. The predicted octanol–water partition coefficient (Wildman–Crippen LogP) is 4.03. The maximum Gasteiger partial charge on any atom is 0.337 e. The summed E-state index contributed by atoms with van der Waals surface area (Å²) in [5.74, 6) is -0.778. The van der Waals surface area contributed by atoms with Crippen LogP contribution in [0.15, 0.2) is 42.5 Å². The van der Waals surface area contributed by atoms with Crippen molar-refractivity contribution in [1.29, 1.82) is 0 Å². The molecule has 0 aliphatic rings. The lowest BCUT2D eigenvalue weighted by atomic mass is 10.2. The summed E-state index contributed by atoms with van der Waals surface area (Å²) in [7, 11) is 1.31. The van der Waals surface area contributed by atoms with Crippen molar-refractivity contribution in [2.24, 2.45) is 0 Å². The van der Waals surface area contributed by atoms with Gasteiger partial charge in [0.05, 0.1) is 12.7 Å². The Balaban J connectivity index is 2.14. The SMILES string of the molecule is COC(=O)c1ccc(NC(=O)c2cc(Cl)cc(Cl)c2)cc1. The van der Waals surface area contributed by atoms with Gasteiger partial charge in [0.15, 0.2) is 0 Å². The molecule has 0 radical (unpaired) electrons. The predicted molar refractivity (Wildman–Crippen MR) is 82.2 cm³/mol. The van der Waals surface area contributed by atoms with Gasteiger partial charge in [0.1, 0.15) is 0 Å². The third-order valence-electron chi connectivity index (χ3n) is 2.69. The fourth-order valence-electron chi connectivity index (χ4n) is 1.70. The van der Waals surface area contributed by atoms with E-state index in [-0.39, 0.29) is 5.91 Å². The number of ether oxygens (including phenoxy) is 1. The van der Waals surface area contributed by atoms with E-state index in [0.717, 1.165) is 0 Å².